The Bertz CT molecular complexity index is 548. The van der Waals surface area contributed by atoms with Crippen molar-refractivity contribution in [1.29, 1.82) is 0 Å². The number of thiophene rings is 1. The zero-order chi connectivity index (χ0) is 16.8. The number of piperidine rings is 1. The molecule has 23 heavy (non-hydrogen) atoms. The summed E-state index contributed by atoms with van der Waals surface area (Å²) in [6, 6.07) is 3.44. The lowest BCUT2D eigenvalue weighted by molar-refractivity contribution is -0.152. The number of ether oxygens (including phenoxy) is 1. The first-order chi connectivity index (χ1) is 11.0. The molecule has 126 valence electrons. The Kier molecular flexibility index (Phi) is 6.15. The number of nitrogens with one attached hydrogen (secondary N) is 1. The highest BCUT2D eigenvalue weighted by molar-refractivity contribution is 7.12. The molecule has 1 saturated heterocycles. The zero-order valence-corrected chi connectivity index (χ0v) is 14.2. The molecule has 2 atom stereocenters. The number of likely N-dealkylation sites (tertiary alicyclic amines) is 1. The molecule has 1 aromatic heterocycles. The van der Waals surface area contributed by atoms with E-state index in [0.717, 1.165) is 6.42 Å². The molecule has 1 fully saturated rings. The molecule has 2 rings (SSSR count). The van der Waals surface area contributed by atoms with Crippen LogP contribution in [-0.4, -0.2) is 48.9 Å². The summed E-state index contributed by atoms with van der Waals surface area (Å²) < 4.78 is 4.95. The Hall–Kier alpha value is -1.89. The van der Waals surface area contributed by atoms with Gasteiger partial charge in [0, 0.05) is 13.1 Å². The minimum atomic E-state index is -0.610. The lowest BCUT2D eigenvalue weighted by Gasteiger charge is -2.34. The molecule has 1 aliphatic heterocycles. The third-order valence-corrected chi connectivity index (χ3v) is 4.59. The second kappa shape index (κ2) is 8.10. The SMILES string of the molecule is C[C@H]1C[C@H](C)CN(C(=O)COC(=O)CNC(=O)c2cccs2)C1. The molecule has 7 heteroatoms. The number of nitrogens with zero attached hydrogens (tertiary/aromatic N) is 1. The molecule has 0 aliphatic carbocycles. The van der Waals surface area contributed by atoms with Crippen molar-refractivity contribution in [1.82, 2.24) is 10.2 Å². The van der Waals surface area contributed by atoms with Crippen molar-refractivity contribution in [3.63, 3.8) is 0 Å². The van der Waals surface area contributed by atoms with Crippen molar-refractivity contribution >= 4 is 29.1 Å². The first-order valence-corrected chi connectivity index (χ1v) is 8.58. The molecule has 2 amide bonds. The molecule has 0 aromatic carbocycles. The third-order valence-electron chi connectivity index (χ3n) is 3.72. The lowest BCUT2D eigenvalue weighted by Crippen LogP contribution is -2.44. The number of hydrogen-bond acceptors (Lipinski definition) is 5. The van der Waals surface area contributed by atoms with E-state index in [1.54, 1.807) is 22.4 Å². The summed E-state index contributed by atoms with van der Waals surface area (Å²) in [6.45, 7) is 5.12. The van der Waals surface area contributed by atoms with Crippen LogP contribution in [0.1, 0.15) is 29.9 Å². The summed E-state index contributed by atoms with van der Waals surface area (Å²) in [5.41, 5.74) is 0. The Morgan fingerprint density at radius 1 is 1.30 bits per heavy atom. The van der Waals surface area contributed by atoms with Gasteiger partial charge in [0.05, 0.1) is 4.88 Å². The maximum Gasteiger partial charge on any atom is 0.325 e. The van der Waals surface area contributed by atoms with Crippen molar-refractivity contribution in [3.05, 3.63) is 22.4 Å². The summed E-state index contributed by atoms with van der Waals surface area (Å²) in [4.78, 5) is 37.7. The van der Waals surface area contributed by atoms with Gasteiger partial charge >= 0.3 is 5.97 Å². The van der Waals surface area contributed by atoms with Gasteiger partial charge in [-0.25, -0.2) is 0 Å². The predicted molar refractivity (Wildman–Crippen MR) is 87.1 cm³/mol. The standard InChI is InChI=1S/C16H22N2O4S/c1-11-6-12(2)9-18(8-11)14(19)10-22-15(20)7-17-16(21)13-4-3-5-23-13/h3-5,11-12H,6-10H2,1-2H3,(H,17,21)/t11-,12-/m0/s1. The van der Waals surface area contributed by atoms with E-state index in [9.17, 15) is 14.4 Å². The van der Waals surface area contributed by atoms with Crippen LogP contribution < -0.4 is 5.32 Å². The van der Waals surface area contributed by atoms with Crippen LogP contribution in [0.25, 0.3) is 0 Å². The van der Waals surface area contributed by atoms with Crippen molar-refractivity contribution in [3.8, 4) is 0 Å². The van der Waals surface area contributed by atoms with Crippen LogP contribution in [0.2, 0.25) is 0 Å². The van der Waals surface area contributed by atoms with E-state index in [1.807, 2.05) is 0 Å². The first-order valence-electron chi connectivity index (χ1n) is 7.70. The molecule has 6 nitrogen and oxygen atoms in total. The van der Waals surface area contributed by atoms with Gasteiger partial charge in [-0.3, -0.25) is 14.4 Å². The summed E-state index contributed by atoms with van der Waals surface area (Å²) in [7, 11) is 0. The van der Waals surface area contributed by atoms with Crippen molar-refractivity contribution in [2.75, 3.05) is 26.2 Å². The molecule has 0 radical (unpaired) electrons. The summed E-state index contributed by atoms with van der Waals surface area (Å²) in [5, 5.41) is 4.26. The molecule has 0 bridgehead atoms. The largest absolute Gasteiger partial charge is 0.454 e. The highest BCUT2D eigenvalue weighted by Crippen LogP contribution is 2.20. The van der Waals surface area contributed by atoms with E-state index in [4.69, 9.17) is 4.74 Å². The van der Waals surface area contributed by atoms with E-state index in [0.29, 0.717) is 29.8 Å². The number of hydrogen-bond donors (Lipinski definition) is 1. The number of carbonyl (C=O) groups excluding carboxylic acids is 3. The van der Waals surface area contributed by atoms with Gasteiger partial charge in [-0.1, -0.05) is 19.9 Å². The molecular formula is C16H22N2O4S. The van der Waals surface area contributed by atoms with Crippen LogP contribution in [0.4, 0.5) is 0 Å². The van der Waals surface area contributed by atoms with Crippen LogP contribution in [0, 0.1) is 11.8 Å². The van der Waals surface area contributed by atoms with Gasteiger partial charge in [0.15, 0.2) is 6.61 Å². The average Bonchev–Trinajstić information content (AvgIpc) is 3.03. The lowest BCUT2D eigenvalue weighted by atomic mass is 9.92. The van der Waals surface area contributed by atoms with E-state index >= 15 is 0 Å². The quantitative estimate of drug-likeness (QED) is 0.826. The normalized spacial score (nSPS) is 20.9. The van der Waals surface area contributed by atoms with Gasteiger partial charge in [0.1, 0.15) is 6.54 Å². The second-order valence-electron chi connectivity index (χ2n) is 6.07. The fraction of sp³-hybridized carbons (Fsp3) is 0.562. The zero-order valence-electron chi connectivity index (χ0n) is 13.4. The Labute approximate surface area is 139 Å². The third kappa shape index (κ3) is 5.35. The van der Waals surface area contributed by atoms with Crippen LogP contribution in [-0.2, 0) is 14.3 Å². The Morgan fingerprint density at radius 3 is 2.61 bits per heavy atom. The minimum Gasteiger partial charge on any atom is -0.454 e. The predicted octanol–water partition coefficient (Wildman–Crippen LogP) is 1.53. The molecule has 1 aliphatic rings. The van der Waals surface area contributed by atoms with E-state index in [1.165, 1.54) is 11.3 Å². The average molecular weight is 338 g/mol. The summed E-state index contributed by atoms with van der Waals surface area (Å²) >= 11 is 1.30. The first kappa shape index (κ1) is 17.5. The monoisotopic (exact) mass is 338 g/mol. The topological polar surface area (TPSA) is 75.7 Å². The van der Waals surface area contributed by atoms with Crippen LogP contribution in [0.3, 0.4) is 0 Å². The summed E-state index contributed by atoms with van der Waals surface area (Å²) in [5.74, 6) is -0.184. The molecule has 2 heterocycles. The summed E-state index contributed by atoms with van der Waals surface area (Å²) in [6.07, 6.45) is 1.11. The minimum absolute atomic E-state index is 0.179. The maximum absolute atomic E-state index is 12.1. The van der Waals surface area contributed by atoms with Crippen LogP contribution >= 0.6 is 11.3 Å². The van der Waals surface area contributed by atoms with Crippen molar-refractivity contribution < 1.29 is 19.1 Å². The van der Waals surface area contributed by atoms with E-state index in [2.05, 4.69) is 19.2 Å². The number of carbonyl (C=O) groups is 3. The highest BCUT2D eigenvalue weighted by Gasteiger charge is 2.25. The Morgan fingerprint density at radius 2 is 2.00 bits per heavy atom. The van der Waals surface area contributed by atoms with Crippen LogP contribution in [0.5, 0.6) is 0 Å². The smallest absolute Gasteiger partial charge is 0.325 e. The molecule has 0 unspecified atom stereocenters. The van der Waals surface area contributed by atoms with E-state index < -0.39 is 5.97 Å². The second-order valence-corrected chi connectivity index (χ2v) is 7.01. The van der Waals surface area contributed by atoms with E-state index in [-0.39, 0.29) is 25.0 Å². The fourth-order valence-electron chi connectivity index (χ4n) is 2.80. The van der Waals surface area contributed by atoms with Crippen molar-refractivity contribution in [2.45, 2.75) is 20.3 Å². The van der Waals surface area contributed by atoms with Gasteiger partial charge in [0.2, 0.25) is 0 Å². The van der Waals surface area contributed by atoms with Crippen molar-refractivity contribution in [2.24, 2.45) is 11.8 Å². The number of rotatable bonds is 5. The van der Waals surface area contributed by atoms with Crippen LogP contribution in [0.15, 0.2) is 17.5 Å². The van der Waals surface area contributed by atoms with Gasteiger partial charge < -0.3 is 15.0 Å². The maximum atomic E-state index is 12.1. The number of esters is 1. The van der Waals surface area contributed by atoms with Gasteiger partial charge in [0.25, 0.3) is 11.8 Å². The van der Waals surface area contributed by atoms with Gasteiger partial charge in [-0.05, 0) is 29.7 Å². The number of amides is 2. The highest BCUT2D eigenvalue weighted by atomic mass is 32.1. The Balaban J connectivity index is 1.69. The molecule has 0 spiro atoms. The molecule has 1 N–H and O–H groups in total. The fourth-order valence-corrected chi connectivity index (χ4v) is 3.44. The molecular weight excluding hydrogens is 316 g/mol. The molecule has 1 aromatic rings. The van der Waals surface area contributed by atoms with Gasteiger partial charge in [-0.15, -0.1) is 11.3 Å². The van der Waals surface area contributed by atoms with Gasteiger partial charge in [-0.2, -0.15) is 0 Å². The molecule has 0 saturated carbocycles.